The van der Waals surface area contributed by atoms with Gasteiger partial charge in [-0.05, 0) is 92.3 Å². The van der Waals surface area contributed by atoms with Gasteiger partial charge in [0.2, 0.25) is 0 Å². The van der Waals surface area contributed by atoms with E-state index >= 15 is 0 Å². The van der Waals surface area contributed by atoms with Gasteiger partial charge in [0.15, 0.2) is 0 Å². The van der Waals surface area contributed by atoms with Crippen molar-refractivity contribution in [2.75, 3.05) is 0 Å². The molecular formula is C26H46N2. The van der Waals surface area contributed by atoms with Crippen molar-refractivity contribution < 1.29 is 0 Å². The van der Waals surface area contributed by atoms with Crippen molar-refractivity contribution in [1.29, 1.82) is 0 Å². The lowest BCUT2D eigenvalue weighted by atomic mass is 9.46. The van der Waals surface area contributed by atoms with Crippen LogP contribution in [0.25, 0.3) is 0 Å². The molecule has 0 amide bonds. The highest BCUT2D eigenvalue weighted by molar-refractivity contribution is 5.26. The third-order valence-corrected chi connectivity index (χ3v) is 10.2. The maximum absolute atomic E-state index is 7.24. The highest BCUT2D eigenvalue weighted by Crippen LogP contribution is 2.67. The molecular weight excluding hydrogens is 340 g/mol. The molecule has 0 saturated heterocycles. The quantitative estimate of drug-likeness (QED) is 0.437. The number of hydrogen-bond acceptors (Lipinski definition) is 2. The first-order chi connectivity index (χ1) is 13.2. The zero-order valence-corrected chi connectivity index (χ0v) is 19.1. The molecule has 0 radical (unpaired) electrons. The van der Waals surface area contributed by atoms with Crippen LogP contribution in [0.1, 0.15) is 105 Å². The lowest BCUT2D eigenvalue weighted by Gasteiger charge is -2.59. The summed E-state index contributed by atoms with van der Waals surface area (Å²) in [4.78, 5) is 0. The van der Waals surface area contributed by atoms with Crippen LogP contribution in [-0.4, -0.2) is 11.6 Å². The number of nitrogens with two attached hydrogens (primary N) is 2. The van der Waals surface area contributed by atoms with Gasteiger partial charge in [0.25, 0.3) is 0 Å². The van der Waals surface area contributed by atoms with Crippen molar-refractivity contribution in [2.45, 2.75) is 116 Å². The number of allylic oxidation sites excluding steroid dienone is 1. The van der Waals surface area contributed by atoms with Gasteiger partial charge in [-0.1, -0.05) is 58.6 Å². The molecule has 7 unspecified atom stereocenters. The lowest BCUT2D eigenvalue weighted by molar-refractivity contribution is -0.0506. The zero-order chi connectivity index (χ0) is 20.2. The summed E-state index contributed by atoms with van der Waals surface area (Å²) >= 11 is 0. The van der Waals surface area contributed by atoms with Crippen molar-refractivity contribution in [2.24, 2.45) is 46.0 Å². The summed E-state index contributed by atoms with van der Waals surface area (Å²) in [5.41, 5.74) is 16.1. The molecule has 160 valence electrons. The van der Waals surface area contributed by atoms with Gasteiger partial charge < -0.3 is 11.5 Å². The molecule has 0 spiro atoms. The molecule has 4 N–H and O–H groups in total. The Labute approximate surface area is 174 Å². The van der Waals surface area contributed by atoms with Crippen molar-refractivity contribution in [1.82, 2.24) is 0 Å². The second kappa shape index (κ2) is 7.41. The van der Waals surface area contributed by atoms with Crippen molar-refractivity contribution in [3.8, 4) is 0 Å². The fourth-order valence-electron chi connectivity index (χ4n) is 8.26. The molecule has 3 saturated carbocycles. The highest BCUT2D eigenvalue weighted by atomic mass is 14.8. The Morgan fingerprint density at radius 3 is 2.54 bits per heavy atom. The first kappa shape index (κ1) is 20.9. The first-order valence-corrected chi connectivity index (χ1v) is 12.4. The predicted octanol–water partition coefficient (Wildman–Crippen LogP) is 6.19. The first-order valence-electron chi connectivity index (χ1n) is 12.4. The number of fused-ring (bicyclic) bond motifs is 5. The van der Waals surface area contributed by atoms with E-state index in [1.807, 2.05) is 0 Å². The molecule has 7 atom stereocenters. The summed E-state index contributed by atoms with van der Waals surface area (Å²) in [6, 6.07) is 0.402. The SMILES string of the molecule is CC(C)CCCCC1(N)CCC2C3CC=C4CC(N)CCC4(C)C3CCC21C. The fraction of sp³-hybridized carbons (Fsp3) is 0.923. The van der Waals surface area contributed by atoms with E-state index in [4.69, 9.17) is 11.5 Å². The van der Waals surface area contributed by atoms with Crippen LogP contribution in [0.3, 0.4) is 0 Å². The molecule has 4 rings (SSSR count). The Bertz CT molecular complexity index is 610. The molecule has 0 bridgehead atoms. The lowest BCUT2D eigenvalue weighted by Crippen LogP contribution is -2.58. The second-order valence-corrected chi connectivity index (χ2v) is 12.1. The van der Waals surface area contributed by atoms with E-state index in [9.17, 15) is 0 Å². The van der Waals surface area contributed by atoms with E-state index < -0.39 is 0 Å². The Morgan fingerprint density at radius 2 is 1.79 bits per heavy atom. The maximum Gasteiger partial charge on any atom is 0.0211 e. The summed E-state index contributed by atoms with van der Waals surface area (Å²) in [5.74, 6) is 3.40. The summed E-state index contributed by atoms with van der Waals surface area (Å²) < 4.78 is 0. The molecule has 28 heavy (non-hydrogen) atoms. The third kappa shape index (κ3) is 3.22. The summed E-state index contributed by atoms with van der Waals surface area (Å²) in [6.07, 6.45) is 18.3. The van der Waals surface area contributed by atoms with Gasteiger partial charge in [-0.2, -0.15) is 0 Å². The van der Waals surface area contributed by atoms with Crippen molar-refractivity contribution in [3.05, 3.63) is 11.6 Å². The van der Waals surface area contributed by atoms with E-state index in [-0.39, 0.29) is 5.54 Å². The van der Waals surface area contributed by atoms with Crippen LogP contribution in [-0.2, 0) is 0 Å². The van der Waals surface area contributed by atoms with Gasteiger partial charge in [0, 0.05) is 11.6 Å². The highest BCUT2D eigenvalue weighted by Gasteiger charge is 2.62. The number of unbranched alkanes of at least 4 members (excludes halogenated alkanes) is 1. The minimum absolute atomic E-state index is 0.0828. The normalized spacial score (nSPS) is 48.0. The average Bonchev–Trinajstić information content (AvgIpc) is 2.91. The second-order valence-electron chi connectivity index (χ2n) is 12.1. The van der Waals surface area contributed by atoms with Crippen LogP contribution in [0.4, 0.5) is 0 Å². The van der Waals surface area contributed by atoms with Crippen LogP contribution in [0.15, 0.2) is 11.6 Å². The Hall–Kier alpha value is -0.340. The van der Waals surface area contributed by atoms with Crippen LogP contribution in [0.5, 0.6) is 0 Å². The monoisotopic (exact) mass is 386 g/mol. The minimum Gasteiger partial charge on any atom is -0.327 e. The van der Waals surface area contributed by atoms with E-state index in [0.717, 1.165) is 30.1 Å². The molecule has 4 aliphatic rings. The van der Waals surface area contributed by atoms with Crippen LogP contribution in [0.2, 0.25) is 0 Å². The Balaban J connectivity index is 1.50. The summed E-state index contributed by atoms with van der Waals surface area (Å²) in [6.45, 7) is 9.86. The molecule has 4 aliphatic carbocycles. The smallest absolute Gasteiger partial charge is 0.0211 e. The minimum atomic E-state index is 0.0828. The molecule has 0 heterocycles. The van der Waals surface area contributed by atoms with Gasteiger partial charge in [-0.3, -0.25) is 0 Å². The van der Waals surface area contributed by atoms with Gasteiger partial charge >= 0.3 is 0 Å². The van der Waals surface area contributed by atoms with Gasteiger partial charge in [-0.25, -0.2) is 0 Å². The van der Waals surface area contributed by atoms with Gasteiger partial charge in [0.05, 0.1) is 0 Å². The number of rotatable bonds is 5. The van der Waals surface area contributed by atoms with Gasteiger partial charge in [-0.15, -0.1) is 0 Å². The van der Waals surface area contributed by atoms with E-state index in [2.05, 4.69) is 33.8 Å². The number of hydrogen-bond donors (Lipinski definition) is 2. The fourth-order valence-corrected chi connectivity index (χ4v) is 8.26. The third-order valence-electron chi connectivity index (χ3n) is 10.2. The van der Waals surface area contributed by atoms with Crippen LogP contribution in [0, 0.1) is 34.5 Å². The molecule has 0 aromatic carbocycles. The molecule has 3 fully saturated rings. The molecule has 0 aliphatic heterocycles. The topological polar surface area (TPSA) is 52.0 Å². The zero-order valence-electron chi connectivity index (χ0n) is 19.1. The summed E-state index contributed by atoms with van der Waals surface area (Å²) in [5, 5.41) is 0. The van der Waals surface area contributed by atoms with Crippen LogP contribution < -0.4 is 11.5 Å². The molecule has 2 heteroatoms. The molecule has 0 aromatic rings. The van der Waals surface area contributed by atoms with E-state index in [1.54, 1.807) is 5.57 Å². The van der Waals surface area contributed by atoms with Crippen molar-refractivity contribution in [3.63, 3.8) is 0 Å². The van der Waals surface area contributed by atoms with Crippen LogP contribution >= 0.6 is 0 Å². The summed E-state index contributed by atoms with van der Waals surface area (Å²) in [7, 11) is 0. The predicted molar refractivity (Wildman–Crippen MR) is 120 cm³/mol. The average molecular weight is 387 g/mol. The van der Waals surface area contributed by atoms with E-state index in [1.165, 1.54) is 70.6 Å². The van der Waals surface area contributed by atoms with Gasteiger partial charge in [0.1, 0.15) is 0 Å². The Kier molecular flexibility index (Phi) is 5.54. The molecule has 2 nitrogen and oxygen atoms in total. The standard InChI is InChI=1S/C26H46N2/c1-18(2)7-5-6-13-26(28)16-12-23-21-9-8-19-17-20(27)10-14-24(19,3)22(21)11-15-25(23,26)4/h8,18,20-23H,5-7,9-17,27-28H2,1-4H3. The van der Waals surface area contributed by atoms with Crippen molar-refractivity contribution >= 4 is 0 Å². The largest absolute Gasteiger partial charge is 0.327 e. The Morgan fingerprint density at radius 1 is 1.04 bits per heavy atom. The maximum atomic E-state index is 7.24. The molecule has 0 aromatic heterocycles. The van der Waals surface area contributed by atoms with E-state index in [0.29, 0.717) is 16.9 Å².